The van der Waals surface area contributed by atoms with E-state index in [4.69, 9.17) is 28.6 Å². The fourth-order valence-electron chi connectivity index (χ4n) is 5.61. The highest BCUT2D eigenvalue weighted by Gasteiger charge is 2.60. The lowest BCUT2D eigenvalue weighted by molar-refractivity contribution is -0.153. The normalized spacial score (nSPS) is 20.8. The fraction of sp³-hybridized carbons (Fsp3) is 0.545. The van der Waals surface area contributed by atoms with E-state index < -0.39 is 38.1 Å². The molecule has 0 fully saturated rings. The summed E-state index contributed by atoms with van der Waals surface area (Å²) < 4.78 is 24.7. The quantitative estimate of drug-likeness (QED) is 0.303. The van der Waals surface area contributed by atoms with E-state index >= 15 is 0 Å². The van der Waals surface area contributed by atoms with Crippen molar-refractivity contribution < 1.29 is 28.5 Å². The molecule has 0 aliphatic carbocycles. The molecule has 0 bridgehead atoms. The molecule has 0 aromatic heterocycles. The van der Waals surface area contributed by atoms with Gasteiger partial charge in [-0.2, -0.15) is 0 Å². The molecule has 1 N–H and O–H groups in total. The van der Waals surface area contributed by atoms with E-state index in [0.29, 0.717) is 6.61 Å². The summed E-state index contributed by atoms with van der Waals surface area (Å²) in [7, 11) is -3.10. The van der Waals surface area contributed by atoms with E-state index in [-0.39, 0.29) is 36.0 Å². The lowest BCUT2D eigenvalue weighted by atomic mass is 9.86. The first-order chi connectivity index (χ1) is 19.9. The highest BCUT2D eigenvalue weighted by Crippen LogP contribution is 2.39. The number of esters is 1. The maximum absolute atomic E-state index is 13.9. The lowest BCUT2D eigenvalue weighted by Crippen LogP contribution is -2.70. The predicted molar refractivity (Wildman–Crippen MR) is 170 cm³/mol. The van der Waals surface area contributed by atoms with Crippen molar-refractivity contribution in [1.29, 1.82) is 0 Å². The number of aliphatic imine (C=N–C) groups is 2. The van der Waals surface area contributed by atoms with Crippen LogP contribution in [0.5, 0.6) is 0 Å². The Labute approximate surface area is 252 Å². The molecule has 0 radical (unpaired) electrons. The van der Waals surface area contributed by atoms with E-state index in [2.05, 4.69) is 45.0 Å². The number of rotatable bonds is 11. The van der Waals surface area contributed by atoms with Gasteiger partial charge in [0.15, 0.2) is 0 Å². The minimum Gasteiger partial charge on any atom is -0.480 e. The Hall–Kier alpha value is -3.01. The van der Waals surface area contributed by atoms with Gasteiger partial charge in [-0.25, -0.2) is 14.8 Å². The second-order valence-corrected chi connectivity index (χ2v) is 16.1. The summed E-state index contributed by atoms with van der Waals surface area (Å²) in [5.74, 6) is -0.479. The molecule has 1 aliphatic rings. The molecule has 0 amide bonds. The molecule has 1 aliphatic heterocycles. The topological polar surface area (TPSA) is 98.9 Å². The Morgan fingerprint density at radius 1 is 0.905 bits per heavy atom. The molecule has 0 saturated heterocycles. The summed E-state index contributed by atoms with van der Waals surface area (Å²) in [4.78, 5) is 23.6. The summed E-state index contributed by atoms with van der Waals surface area (Å²) in [6.07, 6.45) is -2.40. The third kappa shape index (κ3) is 6.33. The van der Waals surface area contributed by atoms with Gasteiger partial charge in [0.2, 0.25) is 11.8 Å². The summed E-state index contributed by atoms with van der Waals surface area (Å²) in [5.41, 5.74) is -2.01. The van der Waals surface area contributed by atoms with Crippen molar-refractivity contribution >= 4 is 36.5 Å². The van der Waals surface area contributed by atoms with E-state index in [1.807, 2.05) is 57.2 Å². The number of benzene rings is 2. The van der Waals surface area contributed by atoms with Crippen LogP contribution >= 0.6 is 0 Å². The molecule has 0 saturated carbocycles. The van der Waals surface area contributed by atoms with Crippen LogP contribution in [-0.2, 0) is 23.4 Å². The zero-order valence-electron chi connectivity index (χ0n) is 26.6. The average molecular weight is 597 g/mol. The minimum absolute atomic E-state index is 0.00822. The SMILES string of the molecule is CCOC(=O)[C@]1([C@H](O)[C@@H](C)O[Si](c2ccccc2)(c2ccccc2)C(C)(C)C)N=C(OCC)[C@H](C(C)C)N=C1OCC. The third-order valence-electron chi connectivity index (χ3n) is 7.57. The number of ether oxygens (including phenoxy) is 3. The molecule has 0 unspecified atom stereocenters. The summed E-state index contributed by atoms with van der Waals surface area (Å²) in [6.45, 7) is 18.2. The Bertz CT molecular complexity index is 1190. The molecular weight excluding hydrogens is 548 g/mol. The fourth-order valence-corrected chi connectivity index (χ4v) is 10.3. The van der Waals surface area contributed by atoms with Crippen LogP contribution in [0.25, 0.3) is 0 Å². The van der Waals surface area contributed by atoms with E-state index in [0.717, 1.165) is 10.4 Å². The summed E-state index contributed by atoms with van der Waals surface area (Å²) in [6, 6.07) is 19.8. The molecule has 4 atom stereocenters. The summed E-state index contributed by atoms with van der Waals surface area (Å²) in [5, 5.41) is 14.0. The number of hydrogen-bond donors (Lipinski definition) is 1. The molecule has 1 heterocycles. The van der Waals surface area contributed by atoms with Gasteiger partial charge in [0.05, 0.1) is 25.9 Å². The number of nitrogens with zero attached hydrogens (tertiary/aromatic N) is 2. The molecular formula is C33H48N2O6Si. The van der Waals surface area contributed by atoms with Gasteiger partial charge in [-0.1, -0.05) is 95.3 Å². The highest BCUT2D eigenvalue weighted by atomic mass is 28.4. The van der Waals surface area contributed by atoms with Crippen molar-refractivity contribution in [2.24, 2.45) is 15.9 Å². The van der Waals surface area contributed by atoms with Crippen molar-refractivity contribution in [3.8, 4) is 0 Å². The maximum atomic E-state index is 13.9. The summed E-state index contributed by atoms with van der Waals surface area (Å²) >= 11 is 0. The molecule has 42 heavy (non-hydrogen) atoms. The third-order valence-corrected chi connectivity index (χ3v) is 12.7. The number of hydrogen-bond acceptors (Lipinski definition) is 8. The predicted octanol–water partition coefficient (Wildman–Crippen LogP) is 4.52. The van der Waals surface area contributed by atoms with Crippen LogP contribution < -0.4 is 10.4 Å². The minimum atomic E-state index is -3.10. The van der Waals surface area contributed by atoms with Gasteiger partial charge in [0, 0.05) is 0 Å². The molecule has 2 aromatic rings. The van der Waals surface area contributed by atoms with E-state index in [1.54, 1.807) is 20.8 Å². The average Bonchev–Trinajstić information content (AvgIpc) is 2.96. The van der Waals surface area contributed by atoms with Gasteiger partial charge >= 0.3 is 5.97 Å². The van der Waals surface area contributed by atoms with Crippen LogP contribution in [0.1, 0.15) is 62.3 Å². The number of aliphatic hydroxyl groups excluding tert-OH is 1. The van der Waals surface area contributed by atoms with Crippen LogP contribution in [-0.4, -0.2) is 74.8 Å². The number of aliphatic hydroxyl groups is 1. The van der Waals surface area contributed by atoms with Crippen LogP contribution in [0.4, 0.5) is 0 Å². The van der Waals surface area contributed by atoms with Gasteiger partial charge in [-0.15, -0.1) is 0 Å². The van der Waals surface area contributed by atoms with E-state index in [1.165, 1.54) is 0 Å². The van der Waals surface area contributed by atoms with Crippen LogP contribution in [0.15, 0.2) is 70.6 Å². The molecule has 2 aromatic carbocycles. The largest absolute Gasteiger partial charge is 0.480 e. The first kappa shape index (κ1) is 33.5. The molecule has 9 heteroatoms. The van der Waals surface area contributed by atoms with Gasteiger partial charge < -0.3 is 23.7 Å². The van der Waals surface area contributed by atoms with Crippen molar-refractivity contribution in [2.45, 2.75) is 91.1 Å². The molecule has 3 rings (SSSR count). The Morgan fingerprint density at radius 3 is 1.86 bits per heavy atom. The van der Waals surface area contributed by atoms with Gasteiger partial charge in [0.25, 0.3) is 13.9 Å². The van der Waals surface area contributed by atoms with Gasteiger partial charge in [0.1, 0.15) is 12.1 Å². The zero-order valence-corrected chi connectivity index (χ0v) is 27.6. The Kier molecular flexibility index (Phi) is 11.1. The van der Waals surface area contributed by atoms with Crippen molar-refractivity contribution in [3.05, 3.63) is 60.7 Å². The maximum Gasteiger partial charge on any atom is 0.346 e. The number of carbonyl (C=O) groups excluding carboxylic acids is 1. The van der Waals surface area contributed by atoms with E-state index in [9.17, 15) is 9.90 Å². The monoisotopic (exact) mass is 596 g/mol. The van der Waals surface area contributed by atoms with Crippen LogP contribution in [0, 0.1) is 5.92 Å². The lowest BCUT2D eigenvalue weighted by Gasteiger charge is -2.47. The van der Waals surface area contributed by atoms with Crippen molar-refractivity contribution in [2.75, 3.05) is 19.8 Å². The second kappa shape index (κ2) is 14.0. The van der Waals surface area contributed by atoms with Crippen LogP contribution in [0.3, 0.4) is 0 Å². The van der Waals surface area contributed by atoms with Crippen molar-refractivity contribution in [1.82, 2.24) is 0 Å². The molecule has 230 valence electrons. The number of carbonyl (C=O) groups is 1. The first-order valence-electron chi connectivity index (χ1n) is 15.0. The van der Waals surface area contributed by atoms with Gasteiger partial charge in [-0.3, -0.25) is 0 Å². The standard InChI is InChI=1S/C33H48N2O6Si/c1-10-38-29-27(23(4)5)34-30(39-11-2)33(35-29,31(37)40-12-3)28(36)24(6)41-42(32(7,8)9,25-19-15-13-16-20-25)26-21-17-14-18-22-26/h13-24,27-28,36H,10-12H2,1-9H3/t24-,27+,28-,33-/m1/s1. The second-order valence-electron chi connectivity index (χ2n) is 11.9. The molecule has 8 nitrogen and oxygen atoms in total. The Balaban J connectivity index is 2.26. The smallest absolute Gasteiger partial charge is 0.346 e. The van der Waals surface area contributed by atoms with Crippen molar-refractivity contribution in [3.63, 3.8) is 0 Å². The highest BCUT2D eigenvalue weighted by molar-refractivity contribution is 6.99. The Morgan fingerprint density at radius 2 is 1.43 bits per heavy atom. The van der Waals surface area contributed by atoms with Gasteiger partial charge in [-0.05, 0) is 49.0 Å². The van der Waals surface area contributed by atoms with Crippen LogP contribution in [0.2, 0.25) is 5.04 Å². The zero-order chi connectivity index (χ0) is 31.1. The molecule has 0 spiro atoms. The first-order valence-corrected chi connectivity index (χ1v) is 16.9.